The molecule has 0 radical (unpaired) electrons. The molecule has 0 N–H and O–H groups in total. The first-order valence-electron chi connectivity index (χ1n) is 34.4. The van der Waals surface area contributed by atoms with Gasteiger partial charge in [-0.3, -0.25) is 19.2 Å². The fourth-order valence-electron chi connectivity index (χ4n) is 19.2. The third kappa shape index (κ3) is 12.8. The first kappa shape index (κ1) is 68.6. The van der Waals surface area contributed by atoms with Crippen molar-refractivity contribution >= 4 is 23.9 Å². The van der Waals surface area contributed by atoms with Crippen molar-refractivity contribution in [1.29, 1.82) is 0 Å². The molecule has 9 rings (SSSR count). The predicted molar refractivity (Wildman–Crippen MR) is 325 cm³/mol. The van der Waals surface area contributed by atoms with Gasteiger partial charge >= 0.3 is 23.9 Å². The second-order valence-corrected chi connectivity index (χ2v) is 29.8. The average Bonchev–Trinajstić information content (AvgIpc) is 1.63. The van der Waals surface area contributed by atoms with Gasteiger partial charge in [-0.1, -0.05) is 117 Å². The molecule has 5 saturated heterocycles. The monoisotopic (exact) mass is 1230 g/mol. The molecule has 2 bridgehead atoms. The van der Waals surface area contributed by atoms with Crippen molar-refractivity contribution in [2.45, 2.75) is 326 Å². The lowest BCUT2D eigenvalue weighted by molar-refractivity contribution is -0.374. The SMILES string of the molecule is C=C1C[C@@]23CC[C@H]4[C@@](C)(CCC[C@@]4(C)C(=O)OC4OC(CC)C(C)C(OC5OC(CC)C(C)C(C)C5OC(C)=O)C4OC4OC(CC)C(C)C(C)C4OC(C)=O)[C@@H]2CCC1(OC1OC(CC)C(C)C(C)C1OC1OC(CC)C(C)C(C)C1OC(C)=O)C3. The molecule has 4 aliphatic carbocycles. The average molecular weight is 1230 g/mol. The van der Waals surface area contributed by atoms with Crippen LogP contribution in [0.5, 0.6) is 0 Å². The normalized spacial score (nSPS) is 49.8. The van der Waals surface area contributed by atoms with Crippen LogP contribution in [0.2, 0.25) is 0 Å². The summed E-state index contributed by atoms with van der Waals surface area (Å²) in [4.78, 5) is 54.2. The maximum Gasteiger partial charge on any atom is 0.314 e. The van der Waals surface area contributed by atoms with Crippen molar-refractivity contribution in [2.24, 2.45) is 81.3 Å². The Bertz CT molecular complexity index is 2420. The summed E-state index contributed by atoms with van der Waals surface area (Å²) in [6.07, 6.45) is 0.878. The quantitative estimate of drug-likeness (QED) is 0.0545. The van der Waals surface area contributed by atoms with Gasteiger partial charge in [-0.25, -0.2) is 0 Å². The Morgan fingerprint density at radius 2 is 0.839 bits per heavy atom. The first-order valence-corrected chi connectivity index (χ1v) is 34.4. The molecular weight excluding hydrogens is 1110 g/mol. The van der Waals surface area contributed by atoms with E-state index in [0.29, 0.717) is 19.3 Å². The number of carbonyl (C=O) groups is 4. The molecule has 9 aliphatic rings. The Balaban J connectivity index is 0.997. The van der Waals surface area contributed by atoms with Gasteiger partial charge in [0.15, 0.2) is 43.5 Å². The summed E-state index contributed by atoms with van der Waals surface area (Å²) >= 11 is 0. The lowest BCUT2D eigenvalue weighted by Gasteiger charge is -2.64. The smallest absolute Gasteiger partial charge is 0.314 e. The first-order chi connectivity index (χ1) is 41.0. The fourth-order valence-corrected chi connectivity index (χ4v) is 19.2. The number of hydrogen-bond acceptors (Lipinski definition) is 17. The van der Waals surface area contributed by atoms with Crippen molar-refractivity contribution in [3.05, 3.63) is 12.2 Å². The molecular formula is C70H114O17. The van der Waals surface area contributed by atoms with Crippen LogP contribution in [0.4, 0.5) is 0 Å². The summed E-state index contributed by atoms with van der Waals surface area (Å²) in [6, 6.07) is 0. The van der Waals surface area contributed by atoms with E-state index in [9.17, 15) is 14.4 Å². The summed E-state index contributed by atoms with van der Waals surface area (Å²) in [5, 5.41) is 0. The van der Waals surface area contributed by atoms with Crippen molar-refractivity contribution in [1.82, 2.24) is 0 Å². The Morgan fingerprint density at radius 3 is 1.29 bits per heavy atom. The Labute approximate surface area is 521 Å². The Morgan fingerprint density at radius 1 is 0.448 bits per heavy atom. The molecule has 0 amide bonds. The molecule has 496 valence electrons. The molecule has 4 saturated carbocycles. The minimum atomic E-state index is -1.26. The van der Waals surface area contributed by atoms with E-state index in [1.807, 2.05) is 13.8 Å². The van der Waals surface area contributed by atoms with Crippen LogP contribution in [0.3, 0.4) is 0 Å². The van der Waals surface area contributed by atoms with Crippen LogP contribution in [-0.2, 0) is 80.8 Å². The number of esters is 4. The second kappa shape index (κ2) is 27.1. The van der Waals surface area contributed by atoms with E-state index in [2.05, 4.69) is 96.9 Å². The van der Waals surface area contributed by atoms with Crippen LogP contribution in [0.25, 0.3) is 0 Å². The standard InChI is InChI=1S/C70H114O17/c1-21-48-36(7)40(11)56(75-45(16)71)61(78-48)83-55-44(15)52(25-5)81-64(60(55)85-63-58(77-47(18)73)42(13)38(9)50(23-3)80-63)86-66(74)68(20)30-26-29-67(19)53(68)27-31-69-33-35(6)70(34-69,32-28-54(67)69)87-65-59(43(14)39(10)51(24-4)82-65)84-62-57(76-46(17)72)41(12)37(8)49(22-2)79-62/h36-44,48-65H,6,21-34H2,1-5,7-20H3/t36?,37?,38?,39?,40?,41?,42?,43?,44?,48?,49?,50?,51?,52?,53-,54-,55?,56?,57?,58?,59?,60?,61?,62?,63?,64?,65?,67+,68+,69+,70?/m0/s1. The lowest BCUT2D eigenvalue weighted by atomic mass is 9.41. The highest BCUT2D eigenvalue weighted by Crippen LogP contribution is 2.74. The zero-order valence-electron chi connectivity index (χ0n) is 56.6. The third-order valence-electron chi connectivity index (χ3n) is 25.0. The van der Waals surface area contributed by atoms with Gasteiger partial charge in [0, 0.05) is 44.4 Å². The molecule has 31 atom stereocenters. The van der Waals surface area contributed by atoms with Crippen molar-refractivity contribution in [3.8, 4) is 0 Å². The highest BCUT2D eigenvalue weighted by Gasteiger charge is 2.70. The predicted octanol–water partition coefficient (Wildman–Crippen LogP) is 13.0. The van der Waals surface area contributed by atoms with Crippen LogP contribution in [-0.4, -0.2) is 128 Å². The topological polar surface area (TPSA) is 188 Å². The molecule has 17 heteroatoms. The van der Waals surface area contributed by atoms with Gasteiger partial charge in [0.1, 0.15) is 12.2 Å². The van der Waals surface area contributed by atoms with Crippen LogP contribution in [0.1, 0.15) is 221 Å². The number of rotatable bonds is 18. The van der Waals surface area contributed by atoms with Crippen LogP contribution >= 0.6 is 0 Å². The van der Waals surface area contributed by atoms with Crippen LogP contribution in [0.15, 0.2) is 12.2 Å². The van der Waals surface area contributed by atoms with Crippen molar-refractivity contribution in [3.63, 3.8) is 0 Å². The van der Waals surface area contributed by atoms with Gasteiger partial charge in [0.25, 0.3) is 0 Å². The molecule has 0 aromatic heterocycles. The van der Waals surface area contributed by atoms with Crippen LogP contribution in [0, 0.1) is 81.3 Å². The van der Waals surface area contributed by atoms with E-state index in [1.165, 1.54) is 20.8 Å². The molecule has 9 fully saturated rings. The molecule has 5 aliphatic heterocycles. The van der Waals surface area contributed by atoms with Crippen molar-refractivity contribution in [2.75, 3.05) is 0 Å². The third-order valence-corrected chi connectivity index (χ3v) is 25.0. The van der Waals surface area contributed by atoms with E-state index in [0.717, 1.165) is 76.2 Å². The number of carbonyl (C=O) groups excluding carboxylic acids is 4. The highest BCUT2D eigenvalue weighted by atomic mass is 16.8. The lowest BCUT2D eigenvalue weighted by Crippen LogP contribution is -2.64. The summed E-state index contributed by atoms with van der Waals surface area (Å²) in [5.74, 6) is -1.42. The number of ether oxygens (including phenoxy) is 13. The van der Waals surface area contributed by atoms with Gasteiger partial charge in [0.2, 0.25) is 6.29 Å². The highest BCUT2D eigenvalue weighted by molar-refractivity contribution is 5.77. The summed E-state index contributed by atoms with van der Waals surface area (Å²) in [7, 11) is 0. The minimum Gasteiger partial charge on any atom is -0.457 e. The van der Waals surface area contributed by atoms with Gasteiger partial charge < -0.3 is 61.6 Å². The Kier molecular flexibility index (Phi) is 21.4. The molecule has 26 unspecified atom stereocenters. The van der Waals surface area contributed by atoms with Gasteiger partial charge in [-0.05, 0) is 148 Å². The molecule has 0 aromatic rings. The number of fused-ring (bicyclic) bond motifs is 3. The van der Waals surface area contributed by atoms with E-state index in [4.69, 9.17) is 68.2 Å². The second-order valence-electron chi connectivity index (χ2n) is 29.8. The van der Waals surface area contributed by atoms with E-state index >= 15 is 4.79 Å². The van der Waals surface area contributed by atoms with E-state index in [-0.39, 0.29) is 112 Å². The Hall–Kier alpha value is -2.74. The van der Waals surface area contributed by atoms with E-state index < -0.39 is 97.1 Å². The zero-order chi connectivity index (χ0) is 63.6. The summed E-state index contributed by atoms with van der Waals surface area (Å²) < 4.78 is 88.6. The van der Waals surface area contributed by atoms with Crippen LogP contribution < -0.4 is 0 Å². The maximum atomic E-state index is 15.9. The maximum absolute atomic E-state index is 15.9. The van der Waals surface area contributed by atoms with Gasteiger partial charge in [-0.15, -0.1) is 0 Å². The minimum absolute atomic E-state index is 0.0101. The fraction of sp³-hybridized carbons (Fsp3) is 0.914. The molecule has 17 nitrogen and oxygen atoms in total. The van der Waals surface area contributed by atoms with Gasteiger partial charge in [0.05, 0.1) is 47.6 Å². The summed E-state index contributed by atoms with van der Waals surface area (Å²) in [6.45, 7) is 43.3. The van der Waals surface area contributed by atoms with Crippen molar-refractivity contribution < 1.29 is 80.8 Å². The number of hydrogen-bond donors (Lipinski definition) is 0. The molecule has 1 spiro atoms. The summed E-state index contributed by atoms with van der Waals surface area (Å²) in [5.41, 5.74) is -0.768. The van der Waals surface area contributed by atoms with Gasteiger partial charge in [-0.2, -0.15) is 0 Å². The van der Waals surface area contributed by atoms with E-state index in [1.54, 1.807) is 0 Å². The zero-order valence-corrected chi connectivity index (χ0v) is 56.6. The molecule has 0 aromatic carbocycles. The molecule has 5 heterocycles. The molecule has 87 heavy (non-hydrogen) atoms. The largest absolute Gasteiger partial charge is 0.457 e.